The maximum absolute atomic E-state index is 11.7. The molecule has 1 atom stereocenters. The van der Waals surface area contributed by atoms with Crippen molar-refractivity contribution in [1.82, 2.24) is 10.2 Å². The van der Waals surface area contributed by atoms with Crippen LogP contribution < -0.4 is 5.32 Å². The summed E-state index contributed by atoms with van der Waals surface area (Å²) in [4.78, 5) is 2.56. The van der Waals surface area contributed by atoms with Crippen molar-refractivity contribution in [2.45, 2.75) is 70.4 Å². The molecule has 0 aromatic rings. The van der Waals surface area contributed by atoms with Crippen LogP contribution in [-0.2, 0) is 9.84 Å². The minimum atomic E-state index is -2.82. The van der Waals surface area contributed by atoms with E-state index in [1.807, 2.05) is 0 Å². The molecule has 5 heteroatoms. The Morgan fingerprint density at radius 1 is 1.19 bits per heavy atom. The zero-order chi connectivity index (χ0) is 15.3. The quantitative estimate of drug-likeness (QED) is 0.816. The van der Waals surface area contributed by atoms with Crippen LogP contribution >= 0.6 is 0 Å². The third-order valence-corrected chi connectivity index (χ3v) is 7.15. The highest BCUT2D eigenvalue weighted by Gasteiger charge is 2.39. The Morgan fingerprint density at radius 3 is 2.52 bits per heavy atom. The molecular formula is C16H32N2O2S. The average molecular weight is 317 g/mol. The van der Waals surface area contributed by atoms with Crippen molar-refractivity contribution in [3.05, 3.63) is 0 Å². The molecule has 0 aromatic heterocycles. The second kappa shape index (κ2) is 7.42. The highest BCUT2D eigenvalue weighted by molar-refractivity contribution is 7.91. The third kappa shape index (κ3) is 4.67. The smallest absolute Gasteiger partial charge is 0.150 e. The minimum Gasteiger partial charge on any atom is -0.308 e. The summed E-state index contributed by atoms with van der Waals surface area (Å²) in [6, 6.07) is 0.571. The number of hydrogen-bond donors (Lipinski definition) is 1. The van der Waals surface area contributed by atoms with Gasteiger partial charge in [-0.3, -0.25) is 4.90 Å². The van der Waals surface area contributed by atoms with Gasteiger partial charge < -0.3 is 5.32 Å². The summed E-state index contributed by atoms with van der Waals surface area (Å²) in [6.07, 6.45) is 8.53. The van der Waals surface area contributed by atoms with Crippen LogP contribution in [0.3, 0.4) is 0 Å². The van der Waals surface area contributed by atoms with Gasteiger partial charge in [0.1, 0.15) is 9.84 Å². The molecule has 0 radical (unpaired) electrons. The third-order valence-electron chi connectivity index (χ3n) is 5.36. The number of nitrogens with zero attached hydrogens (tertiary/aromatic N) is 1. The van der Waals surface area contributed by atoms with Crippen molar-refractivity contribution >= 4 is 9.84 Å². The molecule has 2 fully saturated rings. The molecule has 21 heavy (non-hydrogen) atoms. The Hall–Kier alpha value is -0.130. The summed E-state index contributed by atoms with van der Waals surface area (Å²) in [5.74, 6) is 0.618. The fourth-order valence-corrected chi connectivity index (χ4v) is 4.75. The van der Waals surface area contributed by atoms with Gasteiger partial charge in [0.2, 0.25) is 0 Å². The molecule has 1 heterocycles. The van der Waals surface area contributed by atoms with Crippen molar-refractivity contribution in [2.75, 3.05) is 31.1 Å². The first-order valence-corrected chi connectivity index (χ1v) is 10.5. The highest BCUT2D eigenvalue weighted by atomic mass is 32.2. The number of sulfone groups is 1. The van der Waals surface area contributed by atoms with E-state index in [0.717, 1.165) is 32.5 Å². The van der Waals surface area contributed by atoms with Gasteiger partial charge in [-0.1, -0.05) is 33.1 Å². The monoisotopic (exact) mass is 316 g/mol. The lowest BCUT2D eigenvalue weighted by molar-refractivity contribution is 0.0543. The molecule has 1 aliphatic heterocycles. The molecule has 1 N–H and O–H groups in total. The van der Waals surface area contributed by atoms with E-state index in [9.17, 15) is 8.42 Å². The zero-order valence-corrected chi connectivity index (χ0v) is 14.6. The van der Waals surface area contributed by atoms with E-state index >= 15 is 0 Å². The predicted molar refractivity (Wildman–Crippen MR) is 88.4 cm³/mol. The standard InChI is InChI=1S/C16H32N2O2S/c1-3-15-13-17-16(9-6-5-7-10-16)14-18(15)11-8-12-21(19,20)4-2/h15,17H,3-14H2,1-2H3. The van der Waals surface area contributed by atoms with Crippen LogP contribution in [0.15, 0.2) is 0 Å². The maximum Gasteiger partial charge on any atom is 0.150 e. The van der Waals surface area contributed by atoms with Crippen LogP contribution in [0.1, 0.15) is 58.8 Å². The topological polar surface area (TPSA) is 49.4 Å². The summed E-state index contributed by atoms with van der Waals surface area (Å²) < 4.78 is 23.3. The van der Waals surface area contributed by atoms with Gasteiger partial charge in [-0.2, -0.15) is 0 Å². The number of nitrogens with one attached hydrogen (secondary N) is 1. The Labute approximate surface area is 130 Å². The van der Waals surface area contributed by atoms with Crippen molar-refractivity contribution in [2.24, 2.45) is 0 Å². The van der Waals surface area contributed by atoms with E-state index in [4.69, 9.17) is 0 Å². The summed E-state index contributed by atoms with van der Waals surface area (Å²) in [5.41, 5.74) is 0.313. The van der Waals surface area contributed by atoms with Gasteiger partial charge in [0.15, 0.2) is 0 Å². The average Bonchev–Trinajstić information content (AvgIpc) is 2.48. The maximum atomic E-state index is 11.7. The van der Waals surface area contributed by atoms with Crippen LogP contribution in [0.2, 0.25) is 0 Å². The molecular weight excluding hydrogens is 284 g/mol. The van der Waals surface area contributed by atoms with Gasteiger partial charge in [0.05, 0.1) is 5.75 Å². The molecule has 2 rings (SSSR count). The number of hydrogen-bond acceptors (Lipinski definition) is 4. The van der Waals surface area contributed by atoms with Crippen LogP contribution in [0.5, 0.6) is 0 Å². The summed E-state index contributed by atoms with van der Waals surface area (Å²) in [5, 5.41) is 3.82. The van der Waals surface area contributed by atoms with E-state index in [0.29, 0.717) is 17.3 Å². The SMILES string of the molecule is CCC1CNC2(CCCCC2)CN1CCCS(=O)(=O)CC. The highest BCUT2D eigenvalue weighted by Crippen LogP contribution is 2.32. The van der Waals surface area contributed by atoms with Crippen LogP contribution in [-0.4, -0.2) is 56.0 Å². The largest absolute Gasteiger partial charge is 0.308 e. The molecule has 0 amide bonds. The van der Waals surface area contributed by atoms with Crippen LogP contribution in [0.25, 0.3) is 0 Å². The van der Waals surface area contributed by atoms with Crippen LogP contribution in [0.4, 0.5) is 0 Å². The van der Waals surface area contributed by atoms with E-state index in [2.05, 4.69) is 17.1 Å². The summed E-state index contributed by atoms with van der Waals surface area (Å²) in [7, 11) is -2.82. The van der Waals surface area contributed by atoms with Crippen molar-refractivity contribution in [3.8, 4) is 0 Å². The van der Waals surface area contributed by atoms with E-state index in [1.165, 1.54) is 32.1 Å². The molecule has 4 nitrogen and oxygen atoms in total. The zero-order valence-electron chi connectivity index (χ0n) is 13.7. The second-order valence-corrected chi connectivity index (χ2v) is 9.32. The Bertz CT molecular complexity index is 416. The van der Waals surface area contributed by atoms with Gasteiger partial charge in [-0.25, -0.2) is 8.42 Å². The molecule has 0 aromatic carbocycles. The minimum absolute atomic E-state index is 0.274. The lowest BCUT2D eigenvalue weighted by Crippen LogP contribution is -2.64. The van der Waals surface area contributed by atoms with Crippen molar-refractivity contribution in [1.29, 1.82) is 0 Å². The Kier molecular flexibility index (Phi) is 6.09. The Morgan fingerprint density at radius 2 is 1.90 bits per heavy atom. The van der Waals surface area contributed by atoms with Crippen LogP contribution in [0, 0.1) is 0 Å². The molecule has 1 aliphatic carbocycles. The molecule has 2 aliphatic rings. The van der Waals surface area contributed by atoms with E-state index in [1.54, 1.807) is 6.92 Å². The van der Waals surface area contributed by atoms with Crippen molar-refractivity contribution < 1.29 is 8.42 Å². The lowest BCUT2D eigenvalue weighted by atomic mass is 9.79. The molecule has 1 saturated carbocycles. The van der Waals surface area contributed by atoms with Gasteiger partial charge in [-0.15, -0.1) is 0 Å². The van der Waals surface area contributed by atoms with E-state index in [-0.39, 0.29) is 5.75 Å². The fourth-order valence-electron chi connectivity index (χ4n) is 3.90. The molecule has 124 valence electrons. The fraction of sp³-hybridized carbons (Fsp3) is 1.00. The van der Waals surface area contributed by atoms with Gasteiger partial charge in [0.25, 0.3) is 0 Å². The molecule has 1 saturated heterocycles. The number of rotatable bonds is 6. The lowest BCUT2D eigenvalue weighted by Gasteiger charge is -2.49. The first-order valence-electron chi connectivity index (χ1n) is 8.70. The number of piperazine rings is 1. The van der Waals surface area contributed by atoms with E-state index < -0.39 is 9.84 Å². The molecule has 1 spiro atoms. The predicted octanol–water partition coefficient (Wildman–Crippen LogP) is 2.20. The first kappa shape index (κ1) is 17.2. The first-order chi connectivity index (χ1) is 10.0. The van der Waals surface area contributed by atoms with Crippen molar-refractivity contribution in [3.63, 3.8) is 0 Å². The summed E-state index contributed by atoms with van der Waals surface area (Å²) in [6.45, 7) is 7.09. The second-order valence-electron chi connectivity index (χ2n) is 6.84. The van der Waals surface area contributed by atoms with Gasteiger partial charge >= 0.3 is 0 Å². The summed E-state index contributed by atoms with van der Waals surface area (Å²) >= 11 is 0. The normalized spacial score (nSPS) is 27.0. The molecule has 0 bridgehead atoms. The van der Waals surface area contributed by atoms with Gasteiger partial charge in [-0.05, 0) is 32.2 Å². The van der Waals surface area contributed by atoms with Gasteiger partial charge in [0, 0.05) is 30.4 Å². The molecule has 1 unspecified atom stereocenters. The Balaban J connectivity index is 1.90.